The summed E-state index contributed by atoms with van der Waals surface area (Å²) in [5.41, 5.74) is 7.33. The van der Waals surface area contributed by atoms with Gasteiger partial charge in [0.25, 0.3) is 5.56 Å². The molecule has 0 aliphatic carbocycles. The van der Waals surface area contributed by atoms with Crippen molar-refractivity contribution in [2.45, 2.75) is 46.3 Å². The third-order valence-electron chi connectivity index (χ3n) is 6.70. The molecule has 5 rings (SSSR count). The number of H-pyrrole nitrogens is 1. The van der Waals surface area contributed by atoms with Crippen LogP contribution in [0.4, 0.5) is 0 Å². The number of nitrogens with one attached hydrogen (secondary N) is 1. The highest BCUT2D eigenvalue weighted by Gasteiger charge is 2.16. The van der Waals surface area contributed by atoms with Crippen LogP contribution in [0.25, 0.3) is 22.5 Å². The molecular weight excluding hydrogens is 476 g/mol. The number of aryl methyl sites for hydroxylation is 2. The van der Waals surface area contributed by atoms with E-state index in [0.717, 1.165) is 57.5 Å². The summed E-state index contributed by atoms with van der Waals surface area (Å²) >= 11 is 0. The molecule has 2 N–H and O–H groups in total. The normalized spacial score (nSPS) is 11.1. The molecule has 0 aliphatic rings. The van der Waals surface area contributed by atoms with E-state index in [1.807, 2.05) is 67.6 Å². The molecule has 8 heteroatoms. The number of benzene rings is 3. The summed E-state index contributed by atoms with van der Waals surface area (Å²) in [5, 5.41) is 24.0. The summed E-state index contributed by atoms with van der Waals surface area (Å²) < 4.78 is 1.76. The van der Waals surface area contributed by atoms with E-state index in [4.69, 9.17) is 4.98 Å². The van der Waals surface area contributed by atoms with E-state index in [0.29, 0.717) is 24.6 Å². The predicted octanol–water partition coefficient (Wildman–Crippen LogP) is 4.48. The second-order valence-corrected chi connectivity index (χ2v) is 9.36. The fourth-order valence-electron chi connectivity index (χ4n) is 4.78. The topological polar surface area (TPSA) is 110 Å². The van der Waals surface area contributed by atoms with E-state index >= 15 is 0 Å². The minimum Gasteiger partial charge on any atom is -0.392 e. The van der Waals surface area contributed by atoms with Crippen LogP contribution in [0.15, 0.2) is 77.6 Å². The molecule has 2 aromatic heterocycles. The van der Waals surface area contributed by atoms with E-state index < -0.39 is 0 Å². The van der Waals surface area contributed by atoms with Gasteiger partial charge in [-0.25, -0.2) is 4.98 Å². The zero-order chi connectivity index (χ0) is 26.5. The molecule has 0 atom stereocenters. The molecule has 0 saturated heterocycles. The largest absolute Gasteiger partial charge is 0.392 e. The summed E-state index contributed by atoms with van der Waals surface area (Å²) in [7, 11) is 0. The number of aliphatic hydroxyl groups is 1. The Labute approximate surface area is 221 Å². The minimum absolute atomic E-state index is 0.0121. The number of aliphatic hydroxyl groups excluding tert-OH is 1. The van der Waals surface area contributed by atoms with Gasteiger partial charge in [-0.2, -0.15) is 5.21 Å². The minimum atomic E-state index is -0.0262. The number of rotatable bonds is 9. The molecule has 192 valence electrons. The van der Waals surface area contributed by atoms with E-state index in [2.05, 4.69) is 39.7 Å². The van der Waals surface area contributed by atoms with E-state index in [-0.39, 0.29) is 12.2 Å². The maximum atomic E-state index is 13.8. The fourth-order valence-corrected chi connectivity index (χ4v) is 4.78. The molecule has 3 aromatic carbocycles. The van der Waals surface area contributed by atoms with Crippen molar-refractivity contribution < 1.29 is 5.11 Å². The Balaban J connectivity index is 1.46. The van der Waals surface area contributed by atoms with Crippen LogP contribution in [0, 0.1) is 6.92 Å². The maximum absolute atomic E-state index is 13.8. The van der Waals surface area contributed by atoms with Crippen LogP contribution in [0.1, 0.15) is 47.1 Å². The van der Waals surface area contributed by atoms with Gasteiger partial charge < -0.3 is 5.11 Å². The summed E-state index contributed by atoms with van der Waals surface area (Å²) in [6, 6.07) is 23.9. The Bertz CT molecular complexity index is 1590. The maximum Gasteiger partial charge on any atom is 0.257 e. The highest BCUT2D eigenvalue weighted by molar-refractivity contribution is 5.80. The van der Waals surface area contributed by atoms with Gasteiger partial charge >= 0.3 is 0 Å². The average molecular weight is 507 g/mol. The van der Waals surface area contributed by atoms with Gasteiger partial charge in [0, 0.05) is 17.5 Å². The number of tetrazole rings is 1. The molecule has 38 heavy (non-hydrogen) atoms. The van der Waals surface area contributed by atoms with Crippen molar-refractivity contribution in [2.24, 2.45) is 0 Å². The van der Waals surface area contributed by atoms with Crippen LogP contribution in [-0.4, -0.2) is 35.3 Å². The molecule has 5 aromatic rings. The lowest BCUT2D eigenvalue weighted by Crippen LogP contribution is -2.30. The highest BCUT2D eigenvalue weighted by Crippen LogP contribution is 2.29. The Hall–Kier alpha value is -4.43. The average Bonchev–Trinajstić information content (AvgIpc) is 3.49. The van der Waals surface area contributed by atoms with Crippen molar-refractivity contribution >= 4 is 0 Å². The third-order valence-corrected chi connectivity index (χ3v) is 6.70. The SMILES string of the molecule is CCCc1nc(C)n(Cc2ccc(-c3ccccc3-c3nn[nH]n3)cc2)c(=O)c1Cc1cccc(CO)c1. The number of nitrogens with zero attached hydrogens (tertiary/aromatic N) is 5. The van der Waals surface area contributed by atoms with Crippen LogP contribution >= 0.6 is 0 Å². The first kappa shape index (κ1) is 25.2. The molecule has 0 radical (unpaired) electrons. The highest BCUT2D eigenvalue weighted by atomic mass is 16.3. The first-order chi connectivity index (χ1) is 18.6. The molecule has 0 spiro atoms. The lowest BCUT2D eigenvalue weighted by Gasteiger charge is -2.16. The monoisotopic (exact) mass is 506 g/mol. The number of hydrogen-bond donors (Lipinski definition) is 2. The molecule has 0 bridgehead atoms. The number of aromatic nitrogens is 6. The van der Waals surface area contributed by atoms with Crippen molar-refractivity contribution in [1.82, 2.24) is 30.2 Å². The summed E-state index contributed by atoms with van der Waals surface area (Å²) in [4.78, 5) is 18.6. The summed E-state index contributed by atoms with van der Waals surface area (Å²) in [6.45, 7) is 4.39. The third kappa shape index (κ3) is 5.31. The summed E-state index contributed by atoms with van der Waals surface area (Å²) in [6.07, 6.45) is 2.15. The van der Waals surface area contributed by atoms with E-state index in [9.17, 15) is 9.90 Å². The molecule has 0 unspecified atom stereocenters. The fraction of sp³-hybridized carbons (Fsp3) is 0.233. The Morgan fingerprint density at radius 3 is 2.39 bits per heavy atom. The van der Waals surface area contributed by atoms with Crippen LogP contribution in [0.5, 0.6) is 0 Å². The van der Waals surface area contributed by atoms with Crippen LogP contribution in [0.2, 0.25) is 0 Å². The van der Waals surface area contributed by atoms with Gasteiger partial charge in [-0.3, -0.25) is 9.36 Å². The van der Waals surface area contributed by atoms with Gasteiger partial charge in [0.2, 0.25) is 5.82 Å². The number of hydrogen-bond acceptors (Lipinski definition) is 6. The first-order valence-electron chi connectivity index (χ1n) is 12.8. The lowest BCUT2D eigenvalue weighted by atomic mass is 9.98. The quantitative estimate of drug-likeness (QED) is 0.305. The number of aromatic amines is 1. The van der Waals surface area contributed by atoms with Crippen molar-refractivity contribution in [1.29, 1.82) is 0 Å². The molecule has 2 heterocycles. The van der Waals surface area contributed by atoms with E-state index in [1.165, 1.54) is 0 Å². The van der Waals surface area contributed by atoms with Crippen molar-refractivity contribution in [3.05, 3.63) is 117 Å². The second kappa shape index (κ2) is 11.3. The van der Waals surface area contributed by atoms with Gasteiger partial charge in [-0.1, -0.05) is 86.1 Å². The van der Waals surface area contributed by atoms with Gasteiger partial charge in [0.1, 0.15) is 5.82 Å². The van der Waals surface area contributed by atoms with Gasteiger partial charge in [-0.15, -0.1) is 10.2 Å². The van der Waals surface area contributed by atoms with Crippen molar-refractivity contribution in [3.63, 3.8) is 0 Å². The molecule has 0 amide bonds. The zero-order valence-electron chi connectivity index (χ0n) is 21.6. The van der Waals surface area contributed by atoms with Gasteiger partial charge in [0.15, 0.2) is 0 Å². The molecular formula is C30H30N6O2. The molecule has 0 aliphatic heterocycles. The van der Waals surface area contributed by atoms with Crippen LogP contribution < -0.4 is 5.56 Å². The standard InChI is InChI=1S/C30H30N6O2/c1-3-7-28-27(17-22-8-6-9-23(16-22)19-37)30(38)36(20(2)31-28)18-21-12-14-24(15-13-21)25-10-4-5-11-26(25)29-32-34-35-33-29/h4-6,8-16,37H,3,7,17-19H2,1-2H3,(H,32,33,34,35). The van der Waals surface area contributed by atoms with Gasteiger partial charge in [-0.05, 0) is 46.4 Å². The molecule has 0 saturated carbocycles. The van der Waals surface area contributed by atoms with Crippen molar-refractivity contribution in [2.75, 3.05) is 0 Å². The van der Waals surface area contributed by atoms with Crippen LogP contribution in [-0.2, 0) is 26.0 Å². The molecule has 0 fully saturated rings. The second-order valence-electron chi connectivity index (χ2n) is 9.36. The Kier molecular flexibility index (Phi) is 7.51. The van der Waals surface area contributed by atoms with E-state index in [1.54, 1.807) is 4.57 Å². The smallest absolute Gasteiger partial charge is 0.257 e. The Morgan fingerprint density at radius 2 is 1.68 bits per heavy atom. The first-order valence-corrected chi connectivity index (χ1v) is 12.8. The lowest BCUT2D eigenvalue weighted by molar-refractivity contribution is 0.281. The van der Waals surface area contributed by atoms with Crippen molar-refractivity contribution in [3.8, 4) is 22.5 Å². The Morgan fingerprint density at radius 1 is 0.921 bits per heavy atom. The van der Waals surface area contributed by atoms with Crippen LogP contribution in [0.3, 0.4) is 0 Å². The predicted molar refractivity (Wildman–Crippen MR) is 147 cm³/mol. The molecule has 8 nitrogen and oxygen atoms in total. The summed E-state index contributed by atoms with van der Waals surface area (Å²) in [5.74, 6) is 1.25. The van der Waals surface area contributed by atoms with Gasteiger partial charge in [0.05, 0.1) is 18.8 Å². The zero-order valence-corrected chi connectivity index (χ0v) is 21.6.